The normalized spacial score (nSPS) is 9.00. The molecule has 13 heavy (non-hydrogen) atoms. The van der Waals surface area contributed by atoms with Gasteiger partial charge in [0.05, 0.1) is 16.9 Å². The molecule has 0 aliphatic heterocycles. The molecule has 0 amide bonds. The maximum absolute atomic E-state index is 5.51. The number of anilines is 1. The fraction of sp³-hybridized carbons (Fsp3) is 0.300. The van der Waals surface area contributed by atoms with Gasteiger partial charge >= 0.3 is 0 Å². The topological polar surface area (TPSA) is 38.9 Å². The standard InChI is InChI=1S/C10H12N2S/c1-2-3-4-7-13-10-6-5-9(11)8-12-10/h5-6,8H,4,7,11H2,1H3. The van der Waals surface area contributed by atoms with Crippen LogP contribution in [0.3, 0.4) is 0 Å². The largest absolute Gasteiger partial charge is 0.397 e. The minimum absolute atomic E-state index is 0.706. The SMILES string of the molecule is CC#CCCSc1ccc(N)cn1. The van der Waals surface area contributed by atoms with E-state index in [-0.39, 0.29) is 0 Å². The van der Waals surface area contributed by atoms with Gasteiger partial charge in [0.15, 0.2) is 0 Å². The molecule has 1 aromatic rings. The number of hydrogen-bond donors (Lipinski definition) is 1. The zero-order valence-corrected chi connectivity index (χ0v) is 8.40. The fourth-order valence-electron chi connectivity index (χ4n) is 0.809. The Labute approximate surface area is 82.9 Å². The summed E-state index contributed by atoms with van der Waals surface area (Å²) in [5.41, 5.74) is 6.22. The van der Waals surface area contributed by atoms with Gasteiger partial charge < -0.3 is 5.73 Å². The highest BCUT2D eigenvalue weighted by atomic mass is 32.2. The summed E-state index contributed by atoms with van der Waals surface area (Å²) in [4.78, 5) is 4.17. The summed E-state index contributed by atoms with van der Waals surface area (Å²) in [5.74, 6) is 6.85. The first-order chi connectivity index (χ1) is 6.33. The first-order valence-corrected chi connectivity index (χ1v) is 5.05. The second-order valence-electron chi connectivity index (χ2n) is 2.46. The average Bonchev–Trinajstić information content (AvgIpc) is 2.15. The van der Waals surface area contributed by atoms with Gasteiger partial charge in [-0.05, 0) is 19.1 Å². The molecule has 3 heteroatoms. The first kappa shape index (κ1) is 9.94. The highest BCUT2D eigenvalue weighted by Gasteiger charge is 1.93. The van der Waals surface area contributed by atoms with Crippen LogP contribution in [-0.2, 0) is 0 Å². The molecule has 0 bridgehead atoms. The Morgan fingerprint density at radius 2 is 2.38 bits per heavy atom. The first-order valence-electron chi connectivity index (χ1n) is 4.07. The van der Waals surface area contributed by atoms with Gasteiger partial charge in [-0.3, -0.25) is 0 Å². The molecule has 0 fully saturated rings. The minimum atomic E-state index is 0.706. The van der Waals surface area contributed by atoms with Gasteiger partial charge in [-0.2, -0.15) is 0 Å². The molecule has 0 aliphatic rings. The van der Waals surface area contributed by atoms with E-state index in [4.69, 9.17) is 5.73 Å². The third kappa shape index (κ3) is 3.86. The van der Waals surface area contributed by atoms with Crippen LogP contribution in [0.2, 0.25) is 0 Å². The van der Waals surface area contributed by atoms with Crippen LogP contribution < -0.4 is 5.73 Å². The lowest BCUT2D eigenvalue weighted by Crippen LogP contribution is -1.87. The summed E-state index contributed by atoms with van der Waals surface area (Å²) >= 11 is 1.70. The Morgan fingerprint density at radius 3 is 3.00 bits per heavy atom. The van der Waals surface area contributed by atoms with Gasteiger partial charge in [-0.1, -0.05) is 0 Å². The quantitative estimate of drug-likeness (QED) is 0.453. The molecule has 68 valence electrons. The third-order valence-corrected chi connectivity index (χ3v) is 2.36. The van der Waals surface area contributed by atoms with Gasteiger partial charge in [0.25, 0.3) is 0 Å². The van der Waals surface area contributed by atoms with E-state index in [0.29, 0.717) is 5.69 Å². The van der Waals surface area contributed by atoms with Crippen molar-refractivity contribution in [1.29, 1.82) is 0 Å². The molecule has 0 spiro atoms. The second-order valence-corrected chi connectivity index (χ2v) is 3.57. The van der Waals surface area contributed by atoms with E-state index >= 15 is 0 Å². The van der Waals surface area contributed by atoms with Gasteiger partial charge in [-0.15, -0.1) is 23.6 Å². The number of hydrogen-bond acceptors (Lipinski definition) is 3. The Kier molecular flexibility index (Phi) is 4.20. The maximum atomic E-state index is 5.51. The number of pyridine rings is 1. The highest BCUT2D eigenvalue weighted by molar-refractivity contribution is 7.99. The van der Waals surface area contributed by atoms with E-state index in [0.717, 1.165) is 17.2 Å². The van der Waals surface area contributed by atoms with Crippen molar-refractivity contribution >= 4 is 17.4 Å². The molecule has 2 nitrogen and oxygen atoms in total. The molecule has 1 rings (SSSR count). The molecule has 0 aliphatic carbocycles. The Bertz CT molecular complexity index is 308. The number of nitrogens with two attached hydrogens (primary N) is 1. The molecule has 1 aromatic heterocycles. The number of rotatable bonds is 3. The van der Waals surface area contributed by atoms with Crippen molar-refractivity contribution in [3.05, 3.63) is 18.3 Å². The molecule has 2 N–H and O–H groups in total. The average molecular weight is 192 g/mol. The van der Waals surface area contributed by atoms with Gasteiger partial charge in [0, 0.05) is 12.2 Å². The van der Waals surface area contributed by atoms with Crippen molar-refractivity contribution in [1.82, 2.24) is 4.98 Å². The van der Waals surface area contributed by atoms with Crippen LogP contribution in [0.4, 0.5) is 5.69 Å². The lowest BCUT2D eigenvalue weighted by atomic mass is 10.4. The summed E-state index contributed by atoms with van der Waals surface area (Å²) in [7, 11) is 0. The van der Waals surface area contributed by atoms with Crippen molar-refractivity contribution in [2.24, 2.45) is 0 Å². The van der Waals surface area contributed by atoms with Crippen molar-refractivity contribution in [2.45, 2.75) is 18.4 Å². The van der Waals surface area contributed by atoms with E-state index in [1.54, 1.807) is 18.0 Å². The maximum Gasteiger partial charge on any atom is 0.0961 e. The van der Waals surface area contributed by atoms with E-state index in [1.165, 1.54) is 0 Å². The lowest BCUT2D eigenvalue weighted by Gasteiger charge is -1.97. The molecular formula is C10H12N2S. The third-order valence-electron chi connectivity index (χ3n) is 1.41. The van der Waals surface area contributed by atoms with Crippen LogP contribution in [0.25, 0.3) is 0 Å². The summed E-state index contributed by atoms with van der Waals surface area (Å²) in [6, 6.07) is 3.79. The lowest BCUT2D eigenvalue weighted by molar-refractivity contribution is 1.13. The smallest absolute Gasteiger partial charge is 0.0961 e. The van der Waals surface area contributed by atoms with Gasteiger partial charge in [-0.25, -0.2) is 4.98 Å². The molecule has 1 heterocycles. The van der Waals surface area contributed by atoms with Gasteiger partial charge in [0.2, 0.25) is 0 Å². The summed E-state index contributed by atoms with van der Waals surface area (Å²) < 4.78 is 0. The van der Waals surface area contributed by atoms with Crippen LogP contribution >= 0.6 is 11.8 Å². The van der Waals surface area contributed by atoms with Crippen molar-refractivity contribution in [3.63, 3.8) is 0 Å². The van der Waals surface area contributed by atoms with Crippen molar-refractivity contribution in [2.75, 3.05) is 11.5 Å². The van der Waals surface area contributed by atoms with Crippen LogP contribution in [0, 0.1) is 11.8 Å². The Morgan fingerprint density at radius 1 is 1.54 bits per heavy atom. The van der Waals surface area contributed by atoms with Crippen molar-refractivity contribution in [3.8, 4) is 11.8 Å². The van der Waals surface area contributed by atoms with Gasteiger partial charge in [0.1, 0.15) is 0 Å². The second kappa shape index (κ2) is 5.50. The van der Waals surface area contributed by atoms with E-state index in [2.05, 4.69) is 16.8 Å². The monoisotopic (exact) mass is 192 g/mol. The summed E-state index contributed by atoms with van der Waals surface area (Å²) in [6.45, 7) is 1.85. The van der Waals surface area contributed by atoms with E-state index < -0.39 is 0 Å². The summed E-state index contributed by atoms with van der Waals surface area (Å²) in [5, 5.41) is 1.01. The molecule has 0 atom stereocenters. The van der Waals surface area contributed by atoms with Crippen LogP contribution in [-0.4, -0.2) is 10.7 Å². The van der Waals surface area contributed by atoms with Crippen molar-refractivity contribution < 1.29 is 0 Å². The van der Waals surface area contributed by atoms with Crippen LogP contribution in [0.15, 0.2) is 23.4 Å². The molecule has 0 unspecified atom stereocenters. The molecule has 0 saturated carbocycles. The van der Waals surface area contributed by atoms with Crippen LogP contribution in [0.1, 0.15) is 13.3 Å². The molecule has 0 saturated heterocycles. The predicted molar refractivity (Wildman–Crippen MR) is 57.4 cm³/mol. The molecule has 0 aromatic carbocycles. The minimum Gasteiger partial charge on any atom is -0.397 e. The number of nitrogens with zero attached hydrogens (tertiary/aromatic N) is 1. The fourth-order valence-corrected chi connectivity index (χ4v) is 1.51. The van der Waals surface area contributed by atoms with E-state index in [1.807, 2.05) is 19.1 Å². The van der Waals surface area contributed by atoms with Crippen LogP contribution in [0.5, 0.6) is 0 Å². The zero-order chi connectivity index (χ0) is 9.52. The highest BCUT2D eigenvalue weighted by Crippen LogP contribution is 2.16. The number of nitrogen functional groups attached to an aromatic ring is 1. The molecular weight excluding hydrogens is 180 g/mol. The number of aromatic nitrogens is 1. The Hall–Kier alpha value is -1.14. The predicted octanol–water partition coefficient (Wildman–Crippen LogP) is 2.17. The summed E-state index contributed by atoms with van der Waals surface area (Å²) in [6.07, 6.45) is 2.58. The molecule has 0 radical (unpaired) electrons. The van der Waals surface area contributed by atoms with E-state index in [9.17, 15) is 0 Å². The number of thioether (sulfide) groups is 1. The Balaban J connectivity index is 2.36. The zero-order valence-electron chi connectivity index (χ0n) is 7.58.